The molecular formula is C31H32F6N6. The first-order valence-electron chi connectivity index (χ1n) is 14.3. The molecule has 0 fully saturated rings. The molecule has 5 rings (SSSR count). The average molecular weight is 603 g/mol. The minimum Gasteiger partial charge on any atom is -0.324 e. The van der Waals surface area contributed by atoms with Gasteiger partial charge < -0.3 is 10.2 Å². The molecule has 6 nitrogen and oxygen atoms in total. The van der Waals surface area contributed by atoms with Crippen LogP contribution >= 0.6 is 0 Å². The summed E-state index contributed by atoms with van der Waals surface area (Å²) in [6.45, 7) is 6.31. The first kappa shape index (κ1) is 30.5. The fourth-order valence-corrected chi connectivity index (χ4v) is 5.57. The molecule has 1 aliphatic carbocycles. The number of halogens is 6. The Morgan fingerprint density at radius 3 is 2.23 bits per heavy atom. The number of aromatic nitrogens is 4. The molecule has 0 saturated heterocycles. The second kappa shape index (κ2) is 12.4. The van der Waals surface area contributed by atoms with Crippen LogP contribution in [0.4, 0.5) is 38.0 Å². The molecule has 228 valence electrons. The zero-order valence-electron chi connectivity index (χ0n) is 23.8. The van der Waals surface area contributed by atoms with Gasteiger partial charge in [0, 0.05) is 17.3 Å². The Morgan fingerprint density at radius 1 is 0.860 bits per heavy atom. The summed E-state index contributed by atoms with van der Waals surface area (Å²) in [4.78, 5) is 10.4. The first-order chi connectivity index (χ1) is 20.5. The third-order valence-electron chi connectivity index (χ3n) is 7.68. The van der Waals surface area contributed by atoms with E-state index in [1.165, 1.54) is 5.56 Å². The Bertz CT molecular complexity index is 1550. The quantitative estimate of drug-likeness (QED) is 0.163. The number of rotatable bonds is 8. The predicted octanol–water partition coefficient (Wildman–Crippen LogP) is 8.09. The molecule has 2 aromatic carbocycles. The van der Waals surface area contributed by atoms with E-state index in [1.807, 2.05) is 12.1 Å². The molecule has 0 radical (unpaired) electrons. The number of fused-ring (bicyclic) bond motifs is 1. The van der Waals surface area contributed by atoms with Crippen molar-refractivity contribution in [2.45, 2.75) is 64.3 Å². The van der Waals surface area contributed by atoms with Crippen LogP contribution in [0.5, 0.6) is 0 Å². The fourth-order valence-electron chi connectivity index (χ4n) is 5.57. The minimum absolute atomic E-state index is 0.0655. The van der Waals surface area contributed by atoms with Crippen molar-refractivity contribution in [3.8, 4) is 17.1 Å². The van der Waals surface area contributed by atoms with E-state index in [2.05, 4.69) is 39.1 Å². The van der Waals surface area contributed by atoms with Gasteiger partial charge in [0.2, 0.25) is 5.95 Å². The molecule has 0 bridgehead atoms. The van der Waals surface area contributed by atoms with Crippen molar-refractivity contribution in [1.82, 2.24) is 24.6 Å². The van der Waals surface area contributed by atoms with Gasteiger partial charge in [-0.1, -0.05) is 50.2 Å². The molecular weight excluding hydrogens is 570 g/mol. The Balaban J connectivity index is 1.52. The van der Waals surface area contributed by atoms with Gasteiger partial charge in [0.1, 0.15) is 0 Å². The maximum atomic E-state index is 13.9. The molecule has 1 N–H and O–H groups in total. The summed E-state index contributed by atoms with van der Waals surface area (Å²) in [6, 6.07) is 15.6. The lowest BCUT2D eigenvalue weighted by Gasteiger charge is -2.29. The van der Waals surface area contributed by atoms with Gasteiger partial charge in [-0.05, 0) is 80.6 Å². The summed E-state index contributed by atoms with van der Waals surface area (Å²) < 4.78 is 83.5. The Hall–Kier alpha value is -3.93. The summed E-state index contributed by atoms with van der Waals surface area (Å²) in [5.41, 5.74) is 1.93. The van der Waals surface area contributed by atoms with Gasteiger partial charge >= 0.3 is 12.4 Å². The van der Waals surface area contributed by atoms with E-state index in [-0.39, 0.29) is 5.69 Å². The number of anilines is 2. The largest absolute Gasteiger partial charge is 0.453 e. The molecule has 0 aliphatic heterocycles. The molecule has 0 spiro atoms. The van der Waals surface area contributed by atoms with E-state index in [0.29, 0.717) is 28.0 Å². The molecule has 0 saturated carbocycles. The Labute approximate surface area is 245 Å². The van der Waals surface area contributed by atoms with Gasteiger partial charge in [-0.2, -0.15) is 36.0 Å². The average Bonchev–Trinajstić information content (AvgIpc) is 3.30. The number of hydrogen-bond donors (Lipinski definition) is 1. The van der Waals surface area contributed by atoms with E-state index in [4.69, 9.17) is 0 Å². The highest BCUT2D eigenvalue weighted by atomic mass is 19.4. The lowest BCUT2D eigenvalue weighted by molar-refractivity contribution is -0.145. The highest BCUT2D eigenvalue weighted by Crippen LogP contribution is 2.35. The second-order valence-corrected chi connectivity index (χ2v) is 10.6. The zero-order valence-corrected chi connectivity index (χ0v) is 23.8. The van der Waals surface area contributed by atoms with Gasteiger partial charge in [-0.3, -0.25) is 0 Å². The second-order valence-electron chi connectivity index (χ2n) is 10.6. The number of pyridine rings is 1. The summed E-state index contributed by atoms with van der Waals surface area (Å²) in [5.74, 6) is -2.35. The van der Waals surface area contributed by atoms with Gasteiger partial charge in [0.15, 0.2) is 5.82 Å². The van der Waals surface area contributed by atoms with Gasteiger partial charge in [-0.25, -0.2) is 4.98 Å². The normalized spacial score (nSPS) is 15.8. The maximum Gasteiger partial charge on any atom is 0.453 e. The number of alkyl halides is 6. The van der Waals surface area contributed by atoms with Crippen LogP contribution in [0.1, 0.15) is 55.6 Å². The van der Waals surface area contributed by atoms with Crippen molar-refractivity contribution >= 4 is 11.6 Å². The highest BCUT2D eigenvalue weighted by Gasteiger charge is 2.38. The van der Waals surface area contributed by atoms with E-state index < -0.39 is 35.5 Å². The Morgan fingerprint density at radius 2 is 1.58 bits per heavy atom. The monoisotopic (exact) mass is 602 g/mol. The lowest BCUT2D eigenvalue weighted by atomic mass is 10.0. The maximum absolute atomic E-state index is 13.9. The summed E-state index contributed by atoms with van der Waals surface area (Å²) >= 11 is 0. The molecule has 4 aromatic rings. The fraction of sp³-hybridized carbons (Fsp3) is 0.387. The van der Waals surface area contributed by atoms with Crippen LogP contribution in [0.3, 0.4) is 0 Å². The number of benzene rings is 2. The summed E-state index contributed by atoms with van der Waals surface area (Å²) in [5, 5.41) is 6.42. The molecule has 2 aromatic heterocycles. The van der Waals surface area contributed by atoms with Gasteiger partial charge in [0.05, 0.1) is 11.3 Å². The number of nitrogens with zero attached hydrogens (tertiary/aromatic N) is 5. The van der Waals surface area contributed by atoms with Gasteiger partial charge in [0.25, 0.3) is 5.82 Å². The van der Waals surface area contributed by atoms with Crippen LogP contribution in [-0.4, -0.2) is 43.8 Å². The van der Waals surface area contributed by atoms with Gasteiger partial charge in [-0.15, -0.1) is 5.10 Å². The van der Waals surface area contributed by atoms with Crippen LogP contribution in [0.15, 0.2) is 60.7 Å². The molecule has 12 heteroatoms. The predicted molar refractivity (Wildman–Crippen MR) is 152 cm³/mol. The Kier molecular flexibility index (Phi) is 8.77. The molecule has 43 heavy (non-hydrogen) atoms. The van der Waals surface area contributed by atoms with E-state index in [1.54, 1.807) is 36.4 Å². The van der Waals surface area contributed by atoms with E-state index in [9.17, 15) is 26.3 Å². The SMILES string of the molecule is CCCN(CC)C1CCc2ccc(Nc3nc(C(F)(F)F)nn3-c3cc(C(F)(F)F)cc(-c4ccccc4)n3)cc2CC1. The van der Waals surface area contributed by atoms with Crippen LogP contribution in [0.25, 0.3) is 17.1 Å². The summed E-state index contributed by atoms with van der Waals surface area (Å²) in [7, 11) is 0. The van der Waals surface area contributed by atoms with E-state index >= 15 is 0 Å². The van der Waals surface area contributed by atoms with Crippen molar-refractivity contribution in [2.75, 3.05) is 18.4 Å². The molecule has 2 heterocycles. The van der Waals surface area contributed by atoms with E-state index in [0.717, 1.165) is 56.8 Å². The standard InChI is InChI=1S/C31H32F6N6/c1-3-16-42(4-2)25-14-11-20-10-13-24(17-22(20)12-15-25)38-29-40-28(31(35,36)37)41-43(29)27-19-23(30(32,33)34)18-26(39-27)21-8-6-5-7-9-21/h5-10,13,17-19,25H,3-4,11-12,14-16H2,1-2H3,(H,38,40,41). The molecule has 1 aliphatic rings. The van der Waals surface area contributed by atoms with Crippen LogP contribution in [-0.2, 0) is 25.2 Å². The minimum atomic E-state index is -4.93. The smallest absolute Gasteiger partial charge is 0.324 e. The molecule has 1 unspecified atom stereocenters. The van der Waals surface area contributed by atoms with Crippen LogP contribution in [0, 0.1) is 0 Å². The van der Waals surface area contributed by atoms with Crippen molar-refractivity contribution in [3.05, 3.63) is 83.2 Å². The first-order valence-corrected chi connectivity index (χ1v) is 14.3. The van der Waals surface area contributed by atoms with Crippen LogP contribution in [0.2, 0.25) is 0 Å². The third-order valence-corrected chi connectivity index (χ3v) is 7.68. The highest BCUT2D eigenvalue weighted by molar-refractivity contribution is 5.63. The topological polar surface area (TPSA) is 58.9 Å². The van der Waals surface area contributed by atoms with Crippen molar-refractivity contribution < 1.29 is 26.3 Å². The molecule has 0 amide bonds. The zero-order chi connectivity index (χ0) is 30.8. The molecule has 1 atom stereocenters. The van der Waals surface area contributed by atoms with Crippen molar-refractivity contribution in [1.29, 1.82) is 0 Å². The van der Waals surface area contributed by atoms with Crippen molar-refractivity contribution in [3.63, 3.8) is 0 Å². The number of aryl methyl sites for hydroxylation is 2. The van der Waals surface area contributed by atoms with Crippen molar-refractivity contribution in [2.24, 2.45) is 0 Å². The number of hydrogen-bond acceptors (Lipinski definition) is 5. The lowest BCUT2D eigenvalue weighted by Crippen LogP contribution is -2.36. The third kappa shape index (κ3) is 7.01. The van der Waals surface area contributed by atoms with Crippen LogP contribution < -0.4 is 5.32 Å². The number of nitrogens with one attached hydrogen (secondary N) is 1. The summed E-state index contributed by atoms with van der Waals surface area (Å²) in [6.07, 6.45) is -4.99.